The Morgan fingerprint density at radius 1 is 0.929 bits per heavy atom. The highest BCUT2D eigenvalue weighted by Crippen LogP contribution is 2.26. The van der Waals surface area contributed by atoms with Crippen molar-refractivity contribution in [2.45, 2.75) is 20.8 Å². The smallest absolute Gasteiger partial charge is 0.255 e. The molecule has 0 atom stereocenters. The molecular formula is C23H24N2O3. The zero-order valence-electron chi connectivity index (χ0n) is 16.3. The van der Waals surface area contributed by atoms with Gasteiger partial charge < -0.3 is 15.4 Å². The molecule has 2 amide bonds. The van der Waals surface area contributed by atoms with Crippen molar-refractivity contribution in [2.24, 2.45) is 0 Å². The van der Waals surface area contributed by atoms with Crippen LogP contribution in [0.5, 0.6) is 5.75 Å². The van der Waals surface area contributed by atoms with Crippen molar-refractivity contribution in [3.63, 3.8) is 0 Å². The van der Waals surface area contributed by atoms with Gasteiger partial charge in [-0.3, -0.25) is 9.59 Å². The third-order valence-electron chi connectivity index (χ3n) is 4.55. The molecule has 0 aromatic heterocycles. The van der Waals surface area contributed by atoms with Crippen LogP contribution < -0.4 is 15.4 Å². The number of carbonyl (C=O) groups excluding carboxylic acids is 2. The molecule has 2 N–H and O–H groups in total. The summed E-state index contributed by atoms with van der Waals surface area (Å²) in [5, 5.41) is 7.50. The fraction of sp³-hybridized carbons (Fsp3) is 0.217. The average Bonchev–Trinajstić information content (AvgIpc) is 2.69. The first-order chi connectivity index (χ1) is 13.5. The minimum Gasteiger partial charge on any atom is -0.493 e. The first-order valence-corrected chi connectivity index (χ1v) is 9.29. The third kappa shape index (κ3) is 4.31. The van der Waals surface area contributed by atoms with Crippen LogP contribution in [0.3, 0.4) is 0 Å². The number of aryl methyl sites for hydroxylation is 2. The number of ether oxygens (including phenoxy) is 1. The molecule has 0 aliphatic rings. The first-order valence-electron chi connectivity index (χ1n) is 9.29. The topological polar surface area (TPSA) is 67.4 Å². The molecule has 0 aliphatic carbocycles. The number of hydrogen-bond donors (Lipinski definition) is 2. The lowest BCUT2D eigenvalue weighted by atomic mass is 10.1. The summed E-state index contributed by atoms with van der Waals surface area (Å²) in [4.78, 5) is 25.0. The second-order valence-electron chi connectivity index (χ2n) is 6.63. The van der Waals surface area contributed by atoms with Gasteiger partial charge in [-0.05, 0) is 54.8 Å². The maximum atomic E-state index is 12.7. The normalized spacial score (nSPS) is 10.5. The average molecular weight is 376 g/mol. The van der Waals surface area contributed by atoms with Gasteiger partial charge in [-0.2, -0.15) is 0 Å². The third-order valence-corrected chi connectivity index (χ3v) is 4.55. The molecule has 0 radical (unpaired) electrons. The summed E-state index contributed by atoms with van der Waals surface area (Å²) in [6, 6.07) is 17.2. The number of hydrogen-bond acceptors (Lipinski definition) is 3. The lowest BCUT2D eigenvalue weighted by Gasteiger charge is -2.14. The van der Waals surface area contributed by atoms with Gasteiger partial charge in [0.25, 0.3) is 5.91 Å². The van der Waals surface area contributed by atoms with Gasteiger partial charge in [-0.15, -0.1) is 0 Å². The van der Waals surface area contributed by atoms with E-state index in [1.165, 1.54) is 0 Å². The van der Waals surface area contributed by atoms with Gasteiger partial charge in [-0.1, -0.05) is 42.5 Å². The van der Waals surface area contributed by atoms with E-state index in [4.69, 9.17) is 4.74 Å². The Hall–Kier alpha value is -3.34. The van der Waals surface area contributed by atoms with Crippen LogP contribution in [0.25, 0.3) is 10.8 Å². The summed E-state index contributed by atoms with van der Waals surface area (Å²) in [5.74, 6) is -0.107. The molecule has 0 saturated heterocycles. The second kappa shape index (κ2) is 8.57. The number of nitrogens with one attached hydrogen (secondary N) is 2. The summed E-state index contributed by atoms with van der Waals surface area (Å²) in [5.41, 5.74) is 3.16. The molecule has 5 heteroatoms. The molecule has 5 nitrogen and oxygen atoms in total. The molecule has 3 rings (SSSR count). The van der Waals surface area contributed by atoms with E-state index >= 15 is 0 Å². The van der Waals surface area contributed by atoms with E-state index in [0.29, 0.717) is 17.9 Å². The quantitative estimate of drug-likeness (QED) is 0.677. The van der Waals surface area contributed by atoms with Crippen molar-refractivity contribution in [3.8, 4) is 5.75 Å². The number of carbonyl (C=O) groups is 2. The Morgan fingerprint density at radius 2 is 1.57 bits per heavy atom. The predicted octanol–water partition coefficient (Wildman–Crippen LogP) is 4.22. The van der Waals surface area contributed by atoms with Crippen molar-refractivity contribution in [1.29, 1.82) is 0 Å². The fourth-order valence-electron chi connectivity index (χ4n) is 3.12. The van der Waals surface area contributed by atoms with E-state index in [1.54, 1.807) is 6.07 Å². The largest absolute Gasteiger partial charge is 0.493 e. The molecule has 0 bridgehead atoms. The van der Waals surface area contributed by atoms with Crippen molar-refractivity contribution >= 4 is 28.3 Å². The maximum Gasteiger partial charge on any atom is 0.255 e. The Morgan fingerprint density at radius 3 is 2.21 bits per heavy atom. The van der Waals surface area contributed by atoms with Crippen molar-refractivity contribution in [2.75, 3.05) is 18.5 Å². The molecule has 0 unspecified atom stereocenters. The molecule has 0 heterocycles. The number of benzene rings is 3. The van der Waals surface area contributed by atoms with Crippen LogP contribution in [0, 0.1) is 13.8 Å². The molecule has 0 spiro atoms. The molecular weight excluding hydrogens is 352 g/mol. The Labute approximate surface area is 164 Å². The van der Waals surface area contributed by atoms with Crippen LogP contribution in [0.1, 0.15) is 28.4 Å². The minimum atomic E-state index is -0.342. The van der Waals surface area contributed by atoms with E-state index in [2.05, 4.69) is 10.6 Å². The summed E-state index contributed by atoms with van der Waals surface area (Å²) in [6.07, 6.45) is 0. The molecule has 3 aromatic rings. The molecule has 28 heavy (non-hydrogen) atoms. The van der Waals surface area contributed by atoms with Crippen LogP contribution in [0.4, 0.5) is 5.69 Å². The standard InChI is InChI=1S/C23H24N2O3/c1-4-28-20-13-18-11-6-5-10-17(18)12-19(20)23(27)24-14-21(26)25-22-15(2)8-7-9-16(22)3/h5-13H,4,14H2,1-3H3,(H,24,27)(H,25,26). The van der Waals surface area contributed by atoms with Gasteiger partial charge in [0.05, 0.1) is 18.7 Å². The van der Waals surface area contributed by atoms with Crippen LogP contribution in [-0.4, -0.2) is 25.0 Å². The lowest BCUT2D eigenvalue weighted by molar-refractivity contribution is -0.115. The number of amides is 2. The van der Waals surface area contributed by atoms with E-state index in [9.17, 15) is 9.59 Å². The fourth-order valence-corrected chi connectivity index (χ4v) is 3.12. The van der Waals surface area contributed by atoms with E-state index in [-0.39, 0.29) is 18.4 Å². The Bertz CT molecular complexity index is 1010. The Balaban J connectivity index is 1.74. The monoisotopic (exact) mass is 376 g/mol. The highest BCUT2D eigenvalue weighted by molar-refractivity contribution is 6.04. The van der Waals surface area contributed by atoms with Crippen LogP contribution in [0.15, 0.2) is 54.6 Å². The van der Waals surface area contributed by atoms with E-state index in [0.717, 1.165) is 27.6 Å². The second-order valence-corrected chi connectivity index (χ2v) is 6.63. The molecule has 0 fully saturated rings. The number of fused-ring (bicyclic) bond motifs is 1. The van der Waals surface area contributed by atoms with Gasteiger partial charge in [-0.25, -0.2) is 0 Å². The van der Waals surface area contributed by atoms with E-state index < -0.39 is 0 Å². The summed E-state index contributed by atoms with van der Waals surface area (Å²) in [6.45, 7) is 6.07. The zero-order valence-corrected chi connectivity index (χ0v) is 16.3. The van der Waals surface area contributed by atoms with E-state index in [1.807, 2.05) is 69.3 Å². The van der Waals surface area contributed by atoms with Crippen LogP contribution >= 0.6 is 0 Å². The SMILES string of the molecule is CCOc1cc2ccccc2cc1C(=O)NCC(=O)Nc1c(C)cccc1C. The molecule has 144 valence electrons. The highest BCUT2D eigenvalue weighted by atomic mass is 16.5. The summed E-state index contributed by atoms with van der Waals surface area (Å²) < 4.78 is 5.64. The number of rotatable bonds is 6. The lowest BCUT2D eigenvalue weighted by Crippen LogP contribution is -2.33. The Kier molecular flexibility index (Phi) is 5.94. The number of para-hydroxylation sites is 1. The van der Waals surface area contributed by atoms with Crippen LogP contribution in [0.2, 0.25) is 0 Å². The zero-order chi connectivity index (χ0) is 20.1. The maximum absolute atomic E-state index is 12.7. The van der Waals surface area contributed by atoms with Gasteiger partial charge in [0.2, 0.25) is 5.91 Å². The minimum absolute atomic E-state index is 0.120. The van der Waals surface area contributed by atoms with Gasteiger partial charge in [0, 0.05) is 5.69 Å². The first kappa shape index (κ1) is 19.4. The van der Waals surface area contributed by atoms with Crippen molar-refractivity contribution < 1.29 is 14.3 Å². The van der Waals surface area contributed by atoms with Crippen molar-refractivity contribution in [3.05, 3.63) is 71.3 Å². The predicted molar refractivity (Wildman–Crippen MR) is 112 cm³/mol. The summed E-state index contributed by atoms with van der Waals surface area (Å²) in [7, 11) is 0. The van der Waals surface area contributed by atoms with Gasteiger partial charge >= 0.3 is 0 Å². The van der Waals surface area contributed by atoms with Gasteiger partial charge in [0.1, 0.15) is 5.75 Å². The highest BCUT2D eigenvalue weighted by Gasteiger charge is 2.15. The van der Waals surface area contributed by atoms with Crippen molar-refractivity contribution in [1.82, 2.24) is 5.32 Å². The van der Waals surface area contributed by atoms with Gasteiger partial charge in [0.15, 0.2) is 0 Å². The molecule has 0 aliphatic heterocycles. The van der Waals surface area contributed by atoms with Crippen LogP contribution in [-0.2, 0) is 4.79 Å². The molecule has 3 aromatic carbocycles. The summed E-state index contributed by atoms with van der Waals surface area (Å²) >= 11 is 0. The molecule has 0 saturated carbocycles. The number of anilines is 1.